The number of amides is 1. The third-order valence-electron chi connectivity index (χ3n) is 16.6. The summed E-state index contributed by atoms with van der Waals surface area (Å²) in [5, 5.41) is 16.3. The van der Waals surface area contributed by atoms with E-state index in [4.69, 9.17) is 30.5 Å². The Morgan fingerprint density at radius 3 is 2.19 bits per heavy atom. The predicted molar refractivity (Wildman–Crippen MR) is 322 cm³/mol. The van der Waals surface area contributed by atoms with Gasteiger partial charge < -0.3 is 29.2 Å². The Morgan fingerprint density at radius 1 is 0.855 bits per heavy atom. The molecule has 2 aliphatic heterocycles. The van der Waals surface area contributed by atoms with Crippen molar-refractivity contribution in [1.29, 1.82) is 0 Å². The average molecular weight is 1170 g/mol. The number of para-hydroxylation sites is 1. The minimum atomic E-state index is -4.72. The molecule has 1 unspecified atom stereocenters. The van der Waals surface area contributed by atoms with Crippen molar-refractivity contribution in [2.75, 3.05) is 83.4 Å². The number of hydrogen-bond donors (Lipinski definition) is 2. The fourth-order valence-corrected chi connectivity index (χ4v) is 13.0. The number of carbonyl (C=O) groups is 1. The second-order valence-electron chi connectivity index (χ2n) is 22.7. The van der Waals surface area contributed by atoms with Crippen molar-refractivity contribution in [3.63, 3.8) is 0 Å². The summed E-state index contributed by atoms with van der Waals surface area (Å²) in [6.07, 6.45) is 5.17. The molecule has 6 aromatic carbocycles. The second kappa shape index (κ2) is 23.9. The fraction of sp³-hybridized carbons (Fsp3) is 0.365. The molecule has 3 heterocycles. The van der Waals surface area contributed by atoms with E-state index < -0.39 is 37.5 Å². The number of imidazole rings is 1. The Kier molecular flexibility index (Phi) is 16.4. The van der Waals surface area contributed by atoms with Gasteiger partial charge in [0.1, 0.15) is 28.5 Å². The molecule has 3 fully saturated rings. The lowest BCUT2D eigenvalue weighted by Crippen LogP contribution is -2.47. The molecular formula is C63H69ClN8O10S. The van der Waals surface area contributed by atoms with Gasteiger partial charge in [-0.3, -0.25) is 33.8 Å². The molecule has 2 N–H and O–H groups in total. The van der Waals surface area contributed by atoms with E-state index in [1.165, 1.54) is 39.5 Å². The van der Waals surface area contributed by atoms with Gasteiger partial charge in [-0.2, -0.15) is 0 Å². The first-order valence-electron chi connectivity index (χ1n) is 28.1. The van der Waals surface area contributed by atoms with Gasteiger partial charge in [-0.25, -0.2) is 17.9 Å². The van der Waals surface area contributed by atoms with E-state index in [1.54, 1.807) is 50.1 Å². The van der Waals surface area contributed by atoms with E-state index in [0.29, 0.717) is 59.8 Å². The van der Waals surface area contributed by atoms with Crippen molar-refractivity contribution in [2.45, 2.75) is 69.0 Å². The zero-order valence-electron chi connectivity index (χ0n) is 47.3. The number of nitrogens with one attached hydrogen (secondary N) is 2. The fourth-order valence-electron chi connectivity index (χ4n) is 11.9. The standard InChI is InChI=1S/C63H69ClN8O10S/c1-63(2)28-27-44(53(37-63)41-9-15-45(64)16-10-41)39-68-29-31-69(32-30-68)47-19-25-52(61(73)66-83(77,78)51-24-26-54(56(36-51)72(75)76)65-38-50-40-70(33-34-81-50)46-17-18-46)58(35-47)82-57-8-6-7-55-60(57)67(3)62(74)71(55)59(42-11-20-48(79-4)21-12-42)43-13-22-49(80-5)23-14-43/h6-16,19-26,35-36,46,50,59,65H,17-18,27-34,37-40H2,1-5H3,(H,66,73). The van der Waals surface area contributed by atoms with Gasteiger partial charge in [-0.15, -0.1) is 0 Å². The van der Waals surface area contributed by atoms with Crippen LogP contribution in [0.15, 0.2) is 143 Å². The number of fused-ring (bicyclic) bond motifs is 1. The zero-order valence-corrected chi connectivity index (χ0v) is 48.9. The lowest BCUT2D eigenvalue weighted by molar-refractivity contribution is -0.384. The number of allylic oxidation sites excluding steroid dienone is 1. The molecule has 0 bridgehead atoms. The number of methoxy groups -OCH3 is 2. The number of aromatic nitrogens is 2. The number of anilines is 2. The maximum Gasteiger partial charge on any atom is 0.329 e. The highest BCUT2D eigenvalue weighted by Gasteiger charge is 2.35. The minimum absolute atomic E-state index is 0.0190. The molecule has 18 nitrogen and oxygen atoms in total. The van der Waals surface area contributed by atoms with Crippen molar-refractivity contribution < 1.29 is 37.1 Å². The van der Waals surface area contributed by atoms with Crippen LogP contribution in [0.3, 0.4) is 0 Å². The molecule has 20 heteroatoms. The third-order valence-corrected chi connectivity index (χ3v) is 18.2. The molecular weight excluding hydrogens is 1100 g/mol. The third kappa shape index (κ3) is 12.5. The van der Waals surface area contributed by atoms with E-state index in [0.717, 1.165) is 81.2 Å². The highest BCUT2D eigenvalue weighted by Crippen LogP contribution is 2.44. The Bertz CT molecular complexity index is 3710. The van der Waals surface area contributed by atoms with Crippen molar-refractivity contribution in [1.82, 2.24) is 23.7 Å². The van der Waals surface area contributed by atoms with Gasteiger partial charge in [0.05, 0.1) is 53.9 Å². The quantitative estimate of drug-likeness (QED) is 0.0574. The first-order valence-corrected chi connectivity index (χ1v) is 30.0. The van der Waals surface area contributed by atoms with Crippen LogP contribution < -0.4 is 34.8 Å². The number of ether oxygens (including phenoxy) is 4. The van der Waals surface area contributed by atoms with Gasteiger partial charge in [0.2, 0.25) is 0 Å². The number of aryl methyl sites for hydroxylation is 1. The van der Waals surface area contributed by atoms with Crippen molar-refractivity contribution in [3.05, 3.63) is 181 Å². The van der Waals surface area contributed by atoms with E-state index in [-0.39, 0.29) is 46.5 Å². The Balaban J connectivity index is 0.909. The lowest BCUT2D eigenvalue weighted by Gasteiger charge is -2.39. The number of nitro benzene ring substituents is 1. The number of nitro groups is 1. The van der Waals surface area contributed by atoms with E-state index in [9.17, 15) is 28.1 Å². The van der Waals surface area contributed by atoms with Gasteiger partial charge in [-0.1, -0.05) is 73.5 Å². The van der Waals surface area contributed by atoms with Gasteiger partial charge >= 0.3 is 5.69 Å². The van der Waals surface area contributed by atoms with Gasteiger partial charge in [0.25, 0.3) is 21.6 Å². The smallest absolute Gasteiger partial charge is 0.329 e. The molecule has 1 amide bonds. The van der Waals surface area contributed by atoms with Crippen LogP contribution in [0.25, 0.3) is 16.6 Å². The lowest BCUT2D eigenvalue weighted by atomic mass is 9.72. The summed E-state index contributed by atoms with van der Waals surface area (Å²) in [6.45, 7) is 10.7. The molecule has 0 spiro atoms. The molecule has 11 rings (SSSR count). The average Bonchev–Trinajstić information content (AvgIpc) is 2.48. The molecule has 0 radical (unpaired) electrons. The predicted octanol–water partition coefficient (Wildman–Crippen LogP) is 10.5. The summed E-state index contributed by atoms with van der Waals surface area (Å²) >= 11 is 6.31. The highest BCUT2D eigenvalue weighted by atomic mass is 35.5. The molecule has 1 atom stereocenters. The van der Waals surface area contributed by atoms with E-state index >= 15 is 0 Å². The normalized spacial score (nSPS) is 17.9. The topological polar surface area (TPSA) is 192 Å². The number of benzene rings is 6. The molecule has 83 heavy (non-hydrogen) atoms. The number of morpholine rings is 1. The molecule has 7 aromatic rings. The molecule has 1 saturated carbocycles. The summed E-state index contributed by atoms with van der Waals surface area (Å²) < 4.78 is 57.6. The maximum absolute atomic E-state index is 14.8. The van der Waals surface area contributed by atoms with Crippen molar-refractivity contribution in [3.8, 4) is 23.0 Å². The minimum Gasteiger partial charge on any atom is -0.497 e. The number of piperazine rings is 1. The number of hydrogen-bond acceptors (Lipinski definition) is 14. The first kappa shape index (κ1) is 57.2. The van der Waals surface area contributed by atoms with Crippen LogP contribution in [-0.4, -0.2) is 124 Å². The number of halogens is 1. The van der Waals surface area contributed by atoms with Crippen LogP contribution in [0.2, 0.25) is 5.02 Å². The van der Waals surface area contributed by atoms with Crippen LogP contribution in [0.4, 0.5) is 17.1 Å². The van der Waals surface area contributed by atoms with Gasteiger partial charge in [-0.05, 0) is 133 Å². The van der Waals surface area contributed by atoms with Crippen LogP contribution in [0, 0.1) is 15.5 Å². The first-order chi connectivity index (χ1) is 39.9. The number of nitrogens with zero attached hydrogens (tertiary/aromatic N) is 6. The molecule has 434 valence electrons. The molecule has 1 aromatic heterocycles. The number of rotatable bonds is 19. The van der Waals surface area contributed by atoms with Crippen LogP contribution >= 0.6 is 11.6 Å². The number of sulfonamides is 1. The van der Waals surface area contributed by atoms with Gasteiger partial charge in [0, 0.05) is 88.3 Å². The molecule has 2 aliphatic carbocycles. The molecule has 4 aliphatic rings. The summed E-state index contributed by atoms with van der Waals surface area (Å²) in [5.41, 5.74) is 6.63. The maximum atomic E-state index is 14.8. The zero-order chi connectivity index (χ0) is 58.2. The van der Waals surface area contributed by atoms with Crippen LogP contribution in [0.5, 0.6) is 23.0 Å². The summed E-state index contributed by atoms with van der Waals surface area (Å²) in [4.78, 5) is 47.8. The van der Waals surface area contributed by atoms with Crippen LogP contribution in [0.1, 0.15) is 79.0 Å². The molecule has 2 saturated heterocycles. The largest absolute Gasteiger partial charge is 0.497 e. The van der Waals surface area contributed by atoms with E-state index in [1.807, 2.05) is 66.7 Å². The SMILES string of the molecule is COc1ccc(C(c2ccc(OC)cc2)n2c(=O)n(C)c3c(Oc4cc(N5CCN(CC6=C(c7ccc(Cl)cc7)CC(C)(C)CC6)CC5)ccc4C(=O)NS(=O)(=O)c4ccc(NCC5CN(C6CC6)CCO5)c([N+](=O)[O-])c4)cccc32)cc1. The Morgan fingerprint density at radius 2 is 1.54 bits per heavy atom. The van der Waals surface area contributed by atoms with Crippen molar-refractivity contribution in [2.24, 2.45) is 12.5 Å². The highest BCUT2D eigenvalue weighted by molar-refractivity contribution is 7.90. The summed E-state index contributed by atoms with van der Waals surface area (Å²) in [7, 11) is 0.115. The number of carbonyl (C=O) groups excluding carboxylic acids is 1. The summed E-state index contributed by atoms with van der Waals surface area (Å²) in [6, 6.07) is 36.9. The van der Waals surface area contributed by atoms with Crippen molar-refractivity contribution >= 4 is 61.2 Å². The van der Waals surface area contributed by atoms with E-state index in [2.05, 4.69) is 50.7 Å². The van der Waals surface area contributed by atoms with Crippen LogP contribution in [-0.2, 0) is 21.8 Å². The monoisotopic (exact) mass is 1160 g/mol. The second-order valence-corrected chi connectivity index (χ2v) is 24.8. The Labute approximate surface area is 488 Å². The van der Waals surface area contributed by atoms with Gasteiger partial charge in [0.15, 0.2) is 5.75 Å². The Hall–Kier alpha value is -7.68. The summed E-state index contributed by atoms with van der Waals surface area (Å²) in [5.74, 6) is 0.510.